The smallest absolute Gasteiger partial charge is 0.257 e. The van der Waals surface area contributed by atoms with Gasteiger partial charge in [0.15, 0.2) is 12.0 Å². The lowest BCUT2D eigenvalue weighted by molar-refractivity contribution is -0.0257. The molecule has 2 aromatic rings. The minimum Gasteiger partial charge on any atom is -0.503 e. The fraction of sp³-hybridized carbons (Fsp3) is 0.458. The molecule has 10 heteroatoms. The fourth-order valence-corrected chi connectivity index (χ4v) is 4.34. The highest BCUT2D eigenvalue weighted by Crippen LogP contribution is 2.43. The Morgan fingerprint density at radius 3 is 2.62 bits per heavy atom. The van der Waals surface area contributed by atoms with E-state index in [1.807, 2.05) is 6.92 Å². The van der Waals surface area contributed by atoms with Crippen molar-refractivity contribution in [3.63, 3.8) is 0 Å². The van der Waals surface area contributed by atoms with Crippen molar-refractivity contribution in [3.8, 4) is 5.75 Å². The third kappa shape index (κ3) is 5.34. The average Bonchev–Trinajstić information content (AvgIpc) is 3.51. The third-order valence-corrected chi connectivity index (χ3v) is 6.54. The molecular weight excluding hydrogens is 448 g/mol. The second kappa shape index (κ2) is 10.4. The highest BCUT2D eigenvalue weighted by atomic mass is 19.1. The molecule has 0 bridgehead atoms. The van der Waals surface area contributed by atoms with Crippen LogP contribution >= 0.6 is 0 Å². The predicted molar refractivity (Wildman–Crippen MR) is 120 cm³/mol. The summed E-state index contributed by atoms with van der Waals surface area (Å²) in [7, 11) is 1.76. The number of likely N-dealkylation sites (N-methyl/N-ethyl adjacent to an activating group) is 1. The number of aromatic nitrogens is 1. The number of carbonyl (C=O) groups is 2. The molecule has 1 aromatic heterocycles. The van der Waals surface area contributed by atoms with Crippen LogP contribution in [0.5, 0.6) is 5.75 Å². The van der Waals surface area contributed by atoms with Gasteiger partial charge in [-0.1, -0.05) is 19.9 Å². The topological polar surface area (TPSA) is 112 Å². The molecule has 1 fully saturated rings. The van der Waals surface area contributed by atoms with Gasteiger partial charge in [0.25, 0.3) is 5.91 Å². The Balaban J connectivity index is 1.82. The van der Waals surface area contributed by atoms with Crippen LogP contribution in [0.1, 0.15) is 53.1 Å². The normalized spacial score (nSPS) is 19.0. The molecule has 1 saturated carbocycles. The van der Waals surface area contributed by atoms with Crippen LogP contribution in [-0.2, 0) is 13.1 Å². The first-order valence-electron chi connectivity index (χ1n) is 11.1. The summed E-state index contributed by atoms with van der Waals surface area (Å²) in [5, 5.41) is 23.4. The zero-order valence-electron chi connectivity index (χ0n) is 19.3. The van der Waals surface area contributed by atoms with Gasteiger partial charge in [0.1, 0.15) is 29.1 Å². The lowest BCUT2D eigenvalue weighted by atomic mass is 10.1. The highest BCUT2D eigenvalue weighted by molar-refractivity contribution is 5.95. The van der Waals surface area contributed by atoms with Crippen molar-refractivity contribution in [2.24, 2.45) is 11.8 Å². The van der Waals surface area contributed by atoms with E-state index in [1.54, 1.807) is 11.9 Å². The number of aliphatic hydroxyl groups is 1. The fourth-order valence-electron chi connectivity index (χ4n) is 4.34. The molecule has 4 unspecified atom stereocenters. The molecule has 3 N–H and O–H groups in total. The molecule has 3 rings (SSSR count). The lowest BCUT2D eigenvalue weighted by Crippen LogP contribution is -2.44. The van der Waals surface area contributed by atoms with E-state index < -0.39 is 40.5 Å². The minimum absolute atomic E-state index is 0.000711. The molecule has 0 spiro atoms. The average molecular weight is 478 g/mol. The van der Waals surface area contributed by atoms with Gasteiger partial charge in [-0.2, -0.15) is 0 Å². The van der Waals surface area contributed by atoms with Crippen LogP contribution in [0.25, 0.3) is 0 Å². The molecular formula is C24H29F2N3O5. The van der Waals surface area contributed by atoms with Crippen LogP contribution in [0.15, 0.2) is 29.2 Å². The number of nitrogens with zero attached hydrogens (tertiary/aromatic N) is 2. The van der Waals surface area contributed by atoms with E-state index in [4.69, 9.17) is 0 Å². The molecule has 8 nitrogen and oxygen atoms in total. The van der Waals surface area contributed by atoms with E-state index in [1.165, 1.54) is 0 Å². The Morgan fingerprint density at radius 1 is 1.38 bits per heavy atom. The molecule has 1 heterocycles. The number of aliphatic hydroxyl groups excluding tert-OH is 1. The number of nitrogens with one attached hydrogen (secondary N) is 1. The first kappa shape index (κ1) is 25.5. The number of amides is 1. The molecule has 0 radical (unpaired) electrons. The first-order chi connectivity index (χ1) is 16.1. The van der Waals surface area contributed by atoms with Crippen molar-refractivity contribution < 1.29 is 28.6 Å². The zero-order chi connectivity index (χ0) is 25.2. The maximum absolute atomic E-state index is 13.8. The Labute approximate surface area is 195 Å². The Bertz CT molecular complexity index is 1140. The number of aromatic hydroxyl groups is 1. The van der Waals surface area contributed by atoms with Crippen molar-refractivity contribution in [3.05, 3.63) is 63.1 Å². The standard InChI is InChI=1S/C24H29F2N3O5/c1-4-19(16-7-13(16)2)28(3)21(31)11-29-10-17(22(32)23(33)20(29)12-30)24(34)27-9-14-5-6-15(25)8-18(14)26/h5-6,8,10,12-13,16,19,21,31,33H,4,7,9,11H2,1-3H3,(H,27,34). The van der Waals surface area contributed by atoms with Gasteiger partial charge in [-0.15, -0.1) is 0 Å². The van der Waals surface area contributed by atoms with Crippen molar-refractivity contribution in [2.45, 2.75) is 52.0 Å². The molecule has 0 saturated heterocycles. The van der Waals surface area contributed by atoms with Gasteiger partial charge in [-0.05, 0) is 37.8 Å². The second-order valence-electron chi connectivity index (χ2n) is 8.79. The van der Waals surface area contributed by atoms with Crippen molar-refractivity contribution in [1.82, 2.24) is 14.8 Å². The summed E-state index contributed by atoms with van der Waals surface area (Å²) in [6, 6.07) is 2.98. The van der Waals surface area contributed by atoms with Crippen molar-refractivity contribution in [1.29, 1.82) is 0 Å². The summed E-state index contributed by atoms with van der Waals surface area (Å²) >= 11 is 0. The summed E-state index contributed by atoms with van der Waals surface area (Å²) in [6.07, 6.45) is 2.18. The van der Waals surface area contributed by atoms with E-state index in [9.17, 15) is 33.4 Å². The van der Waals surface area contributed by atoms with Crippen LogP contribution in [-0.4, -0.2) is 51.2 Å². The van der Waals surface area contributed by atoms with Crippen LogP contribution in [0.2, 0.25) is 0 Å². The largest absolute Gasteiger partial charge is 0.503 e. The number of rotatable bonds is 10. The molecule has 34 heavy (non-hydrogen) atoms. The summed E-state index contributed by atoms with van der Waals surface area (Å²) in [4.78, 5) is 38.5. The number of pyridine rings is 1. The number of benzene rings is 1. The predicted octanol–water partition coefficient (Wildman–Crippen LogP) is 2.26. The van der Waals surface area contributed by atoms with E-state index in [0.717, 1.165) is 35.7 Å². The molecule has 0 aliphatic heterocycles. The van der Waals surface area contributed by atoms with Gasteiger partial charge in [-0.25, -0.2) is 8.78 Å². The summed E-state index contributed by atoms with van der Waals surface area (Å²) in [5.74, 6) is -2.47. The number of carbonyl (C=O) groups excluding carboxylic acids is 2. The van der Waals surface area contributed by atoms with Crippen LogP contribution in [0.3, 0.4) is 0 Å². The number of aldehydes is 1. The highest BCUT2D eigenvalue weighted by Gasteiger charge is 2.41. The summed E-state index contributed by atoms with van der Waals surface area (Å²) in [5.41, 5.74) is -1.92. The van der Waals surface area contributed by atoms with Crippen molar-refractivity contribution in [2.75, 3.05) is 7.05 Å². The molecule has 1 amide bonds. The number of halogens is 2. The van der Waals surface area contributed by atoms with E-state index in [0.29, 0.717) is 17.9 Å². The van der Waals surface area contributed by atoms with Gasteiger partial charge < -0.3 is 20.1 Å². The van der Waals surface area contributed by atoms with Gasteiger partial charge in [0.2, 0.25) is 5.43 Å². The van der Waals surface area contributed by atoms with Crippen LogP contribution in [0, 0.1) is 23.5 Å². The second-order valence-corrected chi connectivity index (χ2v) is 8.79. The van der Waals surface area contributed by atoms with Gasteiger partial charge in [0.05, 0.1) is 6.54 Å². The van der Waals surface area contributed by atoms with Crippen molar-refractivity contribution >= 4 is 12.2 Å². The van der Waals surface area contributed by atoms with Crippen LogP contribution in [0.4, 0.5) is 8.78 Å². The first-order valence-corrected chi connectivity index (χ1v) is 11.1. The minimum atomic E-state index is -1.07. The monoisotopic (exact) mass is 477 g/mol. The Kier molecular flexibility index (Phi) is 7.83. The number of hydrogen-bond donors (Lipinski definition) is 3. The maximum Gasteiger partial charge on any atom is 0.257 e. The molecule has 4 atom stereocenters. The number of hydrogen-bond acceptors (Lipinski definition) is 6. The molecule has 1 aliphatic carbocycles. The van der Waals surface area contributed by atoms with E-state index >= 15 is 0 Å². The summed E-state index contributed by atoms with van der Waals surface area (Å²) in [6.45, 7) is 3.65. The quantitative estimate of drug-likeness (QED) is 0.358. The van der Waals surface area contributed by atoms with Gasteiger partial charge >= 0.3 is 0 Å². The van der Waals surface area contributed by atoms with Gasteiger partial charge in [0, 0.05) is 30.4 Å². The Morgan fingerprint density at radius 2 is 2.06 bits per heavy atom. The maximum atomic E-state index is 13.8. The Hall–Kier alpha value is -3.11. The zero-order valence-corrected chi connectivity index (χ0v) is 19.3. The lowest BCUT2D eigenvalue weighted by Gasteiger charge is -2.32. The third-order valence-electron chi connectivity index (χ3n) is 6.54. The molecule has 1 aromatic carbocycles. The SMILES string of the molecule is CCC(C1CC1C)N(C)C(O)Cn1cc(C(=O)NCc2ccc(F)cc2F)c(=O)c(O)c1C=O. The van der Waals surface area contributed by atoms with E-state index in [2.05, 4.69) is 12.2 Å². The van der Waals surface area contributed by atoms with E-state index in [-0.39, 0.29) is 36.7 Å². The van der Waals surface area contributed by atoms with Crippen LogP contribution < -0.4 is 10.7 Å². The molecule has 1 aliphatic rings. The summed E-state index contributed by atoms with van der Waals surface area (Å²) < 4.78 is 28.1. The van der Waals surface area contributed by atoms with Gasteiger partial charge in [-0.3, -0.25) is 19.3 Å². The molecule has 184 valence electrons.